The Morgan fingerprint density at radius 3 is 2.71 bits per heavy atom. The molecule has 2 aliphatic rings. The van der Waals surface area contributed by atoms with Gasteiger partial charge >= 0.3 is 0 Å². The third-order valence-electron chi connectivity index (χ3n) is 4.27. The van der Waals surface area contributed by atoms with Crippen molar-refractivity contribution in [2.24, 2.45) is 5.92 Å². The molecule has 2 rings (SSSR count). The lowest BCUT2D eigenvalue weighted by Gasteiger charge is -2.34. The smallest absolute Gasteiger partial charge is 0.0478 e. The molecule has 0 spiro atoms. The molecule has 0 radical (unpaired) electrons. The summed E-state index contributed by atoms with van der Waals surface area (Å²) >= 11 is 0. The van der Waals surface area contributed by atoms with Crippen molar-refractivity contribution in [3.05, 3.63) is 0 Å². The van der Waals surface area contributed by atoms with Crippen LogP contribution in [-0.4, -0.2) is 50.3 Å². The molecule has 2 aliphatic heterocycles. The summed E-state index contributed by atoms with van der Waals surface area (Å²) in [5.74, 6) is 0.945. The molecule has 3 heteroatoms. The van der Waals surface area contributed by atoms with Crippen molar-refractivity contribution in [2.45, 2.75) is 45.1 Å². The quantitative estimate of drug-likeness (QED) is 0.717. The maximum Gasteiger partial charge on any atom is 0.0478 e. The second-order valence-corrected chi connectivity index (χ2v) is 5.43. The van der Waals surface area contributed by atoms with Gasteiger partial charge in [-0.25, -0.2) is 0 Å². The van der Waals surface area contributed by atoms with Crippen molar-refractivity contribution < 1.29 is 4.74 Å². The number of nitrogens with one attached hydrogen (secondary N) is 1. The first-order valence-electron chi connectivity index (χ1n) is 7.43. The molecule has 17 heavy (non-hydrogen) atoms. The first-order valence-corrected chi connectivity index (χ1v) is 7.43. The first-order chi connectivity index (χ1) is 8.40. The van der Waals surface area contributed by atoms with Gasteiger partial charge in [0, 0.05) is 25.8 Å². The fraction of sp³-hybridized carbons (Fsp3) is 1.00. The minimum absolute atomic E-state index is 0.834. The van der Waals surface area contributed by atoms with Crippen LogP contribution in [0.2, 0.25) is 0 Å². The van der Waals surface area contributed by atoms with Gasteiger partial charge in [-0.15, -0.1) is 0 Å². The zero-order chi connectivity index (χ0) is 11.9. The number of hydrogen-bond acceptors (Lipinski definition) is 3. The summed E-state index contributed by atoms with van der Waals surface area (Å²) in [5.41, 5.74) is 0. The van der Waals surface area contributed by atoms with Crippen molar-refractivity contribution in [1.29, 1.82) is 0 Å². The van der Waals surface area contributed by atoms with Gasteiger partial charge in [0.05, 0.1) is 0 Å². The van der Waals surface area contributed by atoms with Gasteiger partial charge in [-0.2, -0.15) is 0 Å². The van der Waals surface area contributed by atoms with Gasteiger partial charge < -0.3 is 15.0 Å². The summed E-state index contributed by atoms with van der Waals surface area (Å²) in [6.07, 6.45) is 6.78. The highest BCUT2D eigenvalue weighted by Gasteiger charge is 2.27. The lowest BCUT2D eigenvalue weighted by atomic mass is 9.88. The Balaban J connectivity index is 1.57. The van der Waals surface area contributed by atoms with E-state index in [4.69, 9.17) is 4.74 Å². The predicted molar refractivity (Wildman–Crippen MR) is 71.3 cm³/mol. The van der Waals surface area contributed by atoms with Crippen LogP contribution in [0.15, 0.2) is 0 Å². The average molecular weight is 240 g/mol. The van der Waals surface area contributed by atoms with Crippen molar-refractivity contribution >= 4 is 0 Å². The number of ether oxygens (including phenoxy) is 1. The molecule has 0 aromatic heterocycles. The number of hydrogen-bond donors (Lipinski definition) is 1. The van der Waals surface area contributed by atoms with Crippen molar-refractivity contribution in [2.75, 3.05) is 39.4 Å². The van der Waals surface area contributed by atoms with Crippen LogP contribution >= 0.6 is 0 Å². The van der Waals surface area contributed by atoms with Crippen LogP contribution in [0.3, 0.4) is 0 Å². The van der Waals surface area contributed by atoms with E-state index >= 15 is 0 Å². The maximum absolute atomic E-state index is 5.39. The van der Waals surface area contributed by atoms with Crippen LogP contribution in [0.4, 0.5) is 0 Å². The Bertz CT molecular complexity index is 196. The number of likely N-dealkylation sites (tertiary alicyclic amines) is 1. The van der Waals surface area contributed by atoms with E-state index in [-0.39, 0.29) is 0 Å². The number of rotatable bonds is 6. The summed E-state index contributed by atoms with van der Waals surface area (Å²) < 4.78 is 5.39. The van der Waals surface area contributed by atoms with E-state index < -0.39 is 0 Å². The van der Waals surface area contributed by atoms with Crippen molar-refractivity contribution in [3.8, 4) is 0 Å². The Kier molecular flexibility index (Phi) is 5.75. The lowest BCUT2D eigenvalue weighted by molar-refractivity contribution is 0.116. The topological polar surface area (TPSA) is 24.5 Å². The van der Waals surface area contributed by atoms with Crippen molar-refractivity contribution in [1.82, 2.24) is 10.2 Å². The van der Waals surface area contributed by atoms with Crippen LogP contribution in [0, 0.1) is 5.92 Å². The van der Waals surface area contributed by atoms with Gasteiger partial charge in [0.2, 0.25) is 0 Å². The molecule has 0 saturated carbocycles. The summed E-state index contributed by atoms with van der Waals surface area (Å²) in [7, 11) is 0. The molecule has 1 atom stereocenters. The van der Waals surface area contributed by atoms with Crippen LogP contribution in [-0.2, 0) is 4.74 Å². The summed E-state index contributed by atoms with van der Waals surface area (Å²) in [5, 5.41) is 3.66. The fourth-order valence-electron chi connectivity index (χ4n) is 3.23. The molecule has 2 heterocycles. The highest BCUT2D eigenvalue weighted by atomic mass is 16.5. The molecular formula is C14H28N2O. The molecule has 0 amide bonds. The molecule has 2 saturated heterocycles. The molecule has 0 aromatic rings. The second-order valence-electron chi connectivity index (χ2n) is 5.43. The Labute approximate surface area is 106 Å². The SMILES string of the molecule is CCOCCCN1CCC(C2CCCN2)CC1. The van der Waals surface area contributed by atoms with Crippen LogP contribution in [0.1, 0.15) is 39.0 Å². The summed E-state index contributed by atoms with van der Waals surface area (Å²) in [6.45, 7) is 8.93. The molecule has 0 aliphatic carbocycles. The summed E-state index contributed by atoms with van der Waals surface area (Å²) in [4.78, 5) is 2.62. The summed E-state index contributed by atoms with van der Waals surface area (Å²) in [6, 6.07) is 0.834. The largest absolute Gasteiger partial charge is 0.382 e. The molecule has 1 N–H and O–H groups in total. The molecular weight excluding hydrogens is 212 g/mol. The minimum atomic E-state index is 0.834. The third-order valence-corrected chi connectivity index (χ3v) is 4.27. The van der Waals surface area contributed by atoms with Gasteiger partial charge in [-0.05, 0) is 64.6 Å². The van der Waals surface area contributed by atoms with Gasteiger partial charge in [-0.3, -0.25) is 0 Å². The van der Waals surface area contributed by atoms with E-state index in [1.54, 1.807) is 0 Å². The molecule has 100 valence electrons. The highest BCUT2D eigenvalue weighted by molar-refractivity contribution is 4.85. The Hall–Kier alpha value is -0.120. The predicted octanol–water partition coefficient (Wildman–Crippen LogP) is 1.88. The Morgan fingerprint density at radius 2 is 2.06 bits per heavy atom. The normalized spacial score (nSPS) is 27.7. The molecule has 2 fully saturated rings. The first kappa shape index (κ1) is 13.3. The fourth-order valence-corrected chi connectivity index (χ4v) is 3.23. The number of piperidine rings is 1. The van der Waals surface area contributed by atoms with Gasteiger partial charge in [-0.1, -0.05) is 0 Å². The van der Waals surface area contributed by atoms with E-state index in [1.165, 1.54) is 58.3 Å². The van der Waals surface area contributed by atoms with E-state index in [2.05, 4.69) is 17.1 Å². The zero-order valence-electron chi connectivity index (χ0n) is 11.3. The van der Waals surface area contributed by atoms with E-state index in [9.17, 15) is 0 Å². The van der Waals surface area contributed by atoms with Crippen LogP contribution < -0.4 is 5.32 Å². The van der Waals surface area contributed by atoms with E-state index in [0.29, 0.717) is 0 Å². The van der Waals surface area contributed by atoms with E-state index in [0.717, 1.165) is 25.2 Å². The highest BCUT2D eigenvalue weighted by Crippen LogP contribution is 2.25. The zero-order valence-corrected chi connectivity index (χ0v) is 11.3. The van der Waals surface area contributed by atoms with Crippen molar-refractivity contribution in [3.63, 3.8) is 0 Å². The third kappa shape index (κ3) is 4.23. The van der Waals surface area contributed by atoms with Gasteiger partial charge in [0.1, 0.15) is 0 Å². The van der Waals surface area contributed by atoms with Crippen LogP contribution in [0.5, 0.6) is 0 Å². The average Bonchev–Trinajstić information content (AvgIpc) is 2.89. The maximum atomic E-state index is 5.39. The van der Waals surface area contributed by atoms with E-state index in [1.807, 2.05) is 0 Å². The standard InChI is InChI=1S/C14H28N2O/c1-2-17-12-4-9-16-10-6-13(7-11-16)14-5-3-8-15-14/h13-15H,2-12H2,1H3. The molecule has 3 nitrogen and oxygen atoms in total. The monoisotopic (exact) mass is 240 g/mol. The number of nitrogens with zero attached hydrogens (tertiary/aromatic N) is 1. The minimum Gasteiger partial charge on any atom is -0.382 e. The molecule has 1 unspecified atom stereocenters. The Morgan fingerprint density at radius 1 is 1.24 bits per heavy atom. The van der Waals surface area contributed by atoms with Crippen LogP contribution in [0.25, 0.3) is 0 Å². The second kappa shape index (κ2) is 7.34. The lowest BCUT2D eigenvalue weighted by Crippen LogP contribution is -2.41. The van der Waals surface area contributed by atoms with Gasteiger partial charge in [0.25, 0.3) is 0 Å². The molecule has 0 bridgehead atoms. The van der Waals surface area contributed by atoms with Gasteiger partial charge in [0.15, 0.2) is 0 Å². The molecule has 0 aromatic carbocycles.